The third-order valence-corrected chi connectivity index (χ3v) is 14.8. The summed E-state index contributed by atoms with van der Waals surface area (Å²) in [6.07, 6.45) is 1.95. The zero-order valence-corrected chi connectivity index (χ0v) is 40.2. The summed E-state index contributed by atoms with van der Waals surface area (Å²) in [5, 5.41) is 16.8. The van der Waals surface area contributed by atoms with Crippen LogP contribution in [0.2, 0.25) is 13.1 Å². The van der Waals surface area contributed by atoms with Gasteiger partial charge in [0.05, 0.1) is 11.2 Å². The Bertz CT molecular complexity index is 2650. The Labute approximate surface area is 362 Å². The second kappa shape index (κ2) is 15.1. The van der Waals surface area contributed by atoms with Gasteiger partial charge in [-0.2, -0.15) is 0 Å². The summed E-state index contributed by atoms with van der Waals surface area (Å²) >= 11 is 0. The van der Waals surface area contributed by atoms with Crippen molar-refractivity contribution in [1.82, 2.24) is 14.5 Å². The van der Waals surface area contributed by atoms with Crippen molar-refractivity contribution in [1.29, 1.82) is 0 Å². The van der Waals surface area contributed by atoms with E-state index in [1.54, 1.807) is 0 Å². The number of aromatic nitrogens is 3. The average Bonchev–Trinajstić information content (AvgIpc) is 3.46. The Hall–Kier alpha value is -4.31. The molecule has 4 aromatic carbocycles. The van der Waals surface area contributed by atoms with Gasteiger partial charge in [0.1, 0.15) is 19.5 Å². The fourth-order valence-electron chi connectivity index (χ4n) is 7.91. The van der Waals surface area contributed by atoms with E-state index in [4.69, 9.17) is 9.97 Å². The van der Waals surface area contributed by atoms with Gasteiger partial charge in [-0.05, 0) is 79.9 Å². The predicted molar refractivity (Wildman–Crippen MR) is 246 cm³/mol. The van der Waals surface area contributed by atoms with Gasteiger partial charge < -0.3 is 5.11 Å². The fourth-order valence-corrected chi connectivity index (χ4v) is 10.1. The second-order valence-corrected chi connectivity index (χ2v) is 24.9. The zero-order valence-electron chi connectivity index (χ0n) is 36.9. The van der Waals surface area contributed by atoms with Crippen LogP contribution in [0, 0.1) is 6.07 Å². The van der Waals surface area contributed by atoms with Crippen LogP contribution in [0.4, 0.5) is 0 Å². The van der Waals surface area contributed by atoms with E-state index in [2.05, 4.69) is 204 Å². The fraction of sp³-hybridized carbons (Fsp3) is 0.346. The molecule has 58 heavy (non-hydrogen) atoms. The minimum absolute atomic E-state index is 0. The molecule has 304 valence electrons. The molecular formula is C52H60N3OPtSi-. The summed E-state index contributed by atoms with van der Waals surface area (Å²) in [7, 11) is -2.30. The summed E-state index contributed by atoms with van der Waals surface area (Å²) in [5.74, 6) is 0.295. The molecule has 0 saturated heterocycles. The number of fused-ring (bicyclic) bond motifs is 3. The number of phenols is 1. The van der Waals surface area contributed by atoms with Crippen molar-refractivity contribution in [2.24, 2.45) is 0 Å². The van der Waals surface area contributed by atoms with Crippen LogP contribution >= 0.6 is 0 Å². The molecule has 0 spiro atoms. The molecule has 0 aliphatic heterocycles. The summed E-state index contributed by atoms with van der Waals surface area (Å²) in [4.78, 5) is 10.7. The second-order valence-electron chi connectivity index (χ2n) is 20.6. The van der Waals surface area contributed by atoms with Crippen molar-refractivity contribution in [3.63, 3.8) is 0 Å². The number of nitrogens with zero attached hydrogens (tertiary/aromatic N) is 3. The van der Waals surface area contributed by atoms with E-state index >= 15 is 0 Å². The van der Waals surface area contributed by atoms with Crippen molar-refractivity contribution in [3.05, 3.63) is 132 Å². The van der Waals surface area contributed by atoms with Crippen LogP contribution in [0.25, 0.3) is 50.0 Å². The Morgan fingerprint density at radius 3 is 1.88 bits per heavy atom. The van der Waals surface area contributed by atoms with Gasteiger partial charge in [-0.25, -0.2) is 0 Å². The monoisotopic (exact) mass is 965 g/mol. The van der Waals surface area contributed by atoms with Crippen LogP contribution in [-0.2, 0) is 42.7 Å². The quantitative estimate of drug-likeness (QED) is 0.138. The molecule has 0 saturated carbocycles. The van der Waals surface area contributed by atoms with Gasteiger partial charge in [-0.1, -0.05) is 150 Å². The molecule has 0 aliphatic rings. The number of rotatable bonds is 5. The number of aromatic hydroxyl groups is 1. The van der Waals surface area contributed by atoms with E-state index in [9.17, 15) is 5.11 Å². The van der Waals surface area contributed by atoms with Crippen molar-refractivity contribution in [2.45, 2.75) is 118 Å². The van der Waals surface area contributed by atoms with Crippen molar-refractivity contribution >= 4 is 40.5 Å². The molecule has 4 nitrogen and oxygen atoms in total. The van der Waals surface area contributed by atoms with Crippen LogP contribution in [0.15, 0.2) is 103 Å². The van der Waals surface area contributed by atoms with Gasteiger partial charge in [0, 0.05) is 48.9 Å². The van der Waals surface area contributed by atoms with Gasteiger partial charge in [-0.3, -0.25) is 14.5 Å². The largest absolute Gasteiger partial charge is 0.505 e. The maximum Gasteiger partial charge on any atom is 0.143 e. The van der Waals surface area contributed by atoms with E-state index in [0.29, 0.717) is 5.75 Å². The van der Waals surface area contributed by atoms with Gasteiger partial charge >= 0.3 is 0 Å². The van der Waals surface area contributed by atoms with Crippen LogP contribution in [0.3, 0.4) is 0 Å². The Balaban J connectivity index is 0.00000567. The molecule has 0 bridgehead atoms. The van der Waals surface area contributed by atoms with Gasteiger partial charge in [-0.15, -0.1) is 35.0 Å². The van der Waals surface area contributed by atoms with Gasteiger partial charge in [0.25, 0.3) is 0 Å². The standard InChI is InChI=1S/C52H60N3OSi.Pt/c1-49(2,3)36-23-24-43-39(29-36)40-32-41(51(7,8)9)46(54-48(40)55(43)44-31-37(50(4,5)6)30-42(47(44)56)52(10,11)12)35-21-18-22-38(27-35)57(13,14)45-28-34(25-26-53-45)33-19-16-15-17-20-33;/h15-26,28-32,56H,1-14H3;/q-1;. The first-order valence-electron chi connectivity index (χ1n) is 20.4. The van der Waals surface area contributed by atoms with Crippen LogP contribution in [-0.4, -0.2) is 27.7 Å². The zero-order chi connectivity index (χ0) is 41.5. The molecule has 0 atom stereocenters. The maximum atomic E-state index is 12.3. The molecule has 7 aromatic rings. The predicted octanol–water partition coefficient (Wildman–Crippen LogP) is 12.4. The minimum Gasteiger partial charge on any atom is -0.505 e. The number of phenolic OH excluding ortho intramolecular Hbond substituents is 1. The van der Waals surface area contributed by atoms with E-state index in [1.807, 2.05) is 6.20 Å². The van der Waals surface area contributed by atoms with E-state index < -0.39 is 8.07 Å². The average molecular weight is 966 g/mol. The van der Waals surface area contributed by atoms with Gasteiger partial charge in [0.15, 0.2) is 0 Å². The van der Waals surface area contributed by atoms with E-state index in [-0.39, 0.29) is 42.7 Å². The van der Waals surface area contributed by atoms with E-state index in [0.717, 1.165) is 55.3 Å². The van der Waals surface area contributed by atoms with Crippen LogP contribution in [0.1, 0.15) is 105 Å². The molecule has 0 fully saturated rings. The summed E-state index contributed by atoms with van der Waals surface area (Å²) in [6.45, 7) is 31.6. The van der Waals surface area contributed by atoms with Crippen molar-refractivity contribution in [2.75, 3.05) is 0 Å². The van der Waals surface area contributed by atoms with E-state index in [1.165, 1.54) is 27.4 Å². The van der Waals surface area contributed by atoms with Crippen LogP contribution in [0.5, 0.6) is 5.75 Å². The number of hydrogen-bond acceptors (Lipinski definition) is 3. The molecular weight excluding hydrogens is 906 g/mol. The number of benzene rings is 4. The van der Waals surface area contributed by atoms with Crippen molar-refractivity contribution in [3.8, 4) is 33.8 Å². The third kappa shape index (κ3) is 8.02. The Morgan fingerprint density at radius 1 is 0.603 bits per heavy atom. The molecule has 1 N–H and O–H groups in total. The van der Waals surface area contributed by atoms with Crippen LogP contribution < -0.4 is 10.5 Å². The SMILES string of the molecule is CC(C)(C)c1cc(-n2c3ccc(C(C)(C)C)cc3c3cc(C(C)(C)C)c(-c4[c-]c([Si](C)(C)c5cc(-c6ccccc6)ccn5)ccc4)nc32)c(O)c(C(C)(C)C)c1.[Pt]. The molecule has 0 unspecified atom stereocenters. The third-order valence-electron chi connectivity index (χ3n) is 11.7. The topological polar surface area (TPSA) is 50.9 Å². The number of pyridine rings is 2. The normalized spacial score (nSPS) is 12.9. The summed E-state index contributed by atoms with van der Waals surface area (Å²) in [6, 6.07) is 38.9. The summed E-state index contributed by atoms with van der Waals surface area (Å²) < 4.78 is 2.22. The minimum atomic E-state index is -2.30. The molecule has 7 rings (SSSR count). The Morgan fingerprint density at radius 2 is 1.26 bits per heavy atom. The maximum absolute atomic E-state index is 12.3. The molecule has 6 heteroatoms. The molecule has 3 heterocycles. The first-order chi connectivity index (χ1) is 26.5. The number of hydrogen-bond donors (Lipinski definition) is 1. The first-order valence-corrected chi connectivity index (χ1v) is 23.4. The van der Waals surface area contributed by atoms with Gasteiger partial charge in [0.2, 0.25) is 0 Å². The molecule has 0 aliphatic carbocycles. The molecule has 0 amide bonds. The Kier molecular flexibility index (Phi) is 11.2. The molecule has 0 radical (unpaired) electrons. The summed E-state index contributed by atoms with van der Waals surface area (Å²) in [5.41, 5.74) is 10.7. The van der Waals surface area contributed by atoms with Crippen molar-refractivity contribution < 1.29 is 26.2 Å². The smallest absolute Gasteiger partial charge is 0.143 e. The molecule has 3 aromatic heterocycles. The first kappa shape index (κ1) is 43.3.